The van der Waals surface area contributed by atoms with E-state index in [0.717, 1.165) is 17.7 Å². The third-order valence-electron chi connectivity index (χ3n) is 3.51. The fourth-order valence-electron chi connectivity index (χ4n) is 2.32. The fourth-order valence-corrected chi connectivity index (χ4v) is 3.74. The summed E-state index contributed by atoms with van der Waals surface area (Å²) in [5.74, 6) is 0.570. The summed E-state index contributed by atoms with van der Waals surface area (Å²) in [6, 6.07) is 5.73. The van der Waals surface area contributed by atoms with Crippen LogP contribution in [0.1, 0.15) is 25.7 Å². The van der Waals surface area contributed by atoms with Crippen molar-refractivity contribution >= 4 is 40.9 Å². The largest absolute Gasteiger partial charge is 0.342 e. The standard InChI is InChI=1S/C14H17Cl2NOS/c1-17(11-4-2-3-5-11)14(18)9-19-13-8-10(15)6-7-12(13)16/h6-8,11H,2-5,9H2,1H3. The van der Waals surface area contributed by atoms with E-state index in [2.05, 4.69) is 0 Å². The summed E-state index contributed by atoms with van der Waals surface area (Å²) < 4.78 is 0. The van der Waals surface area contributed by atoms with Gasteiger partial charge >= 0.3 is 0 Å². The van der Waals surface area contributed by atoms with Crippen molar-refractivity contribution in [1.29, 1.82) is 0 Å². The number of hydrogen-bond acceptors (Lipinski definition) is 2. The van der Waals surface area contributed by atoms with E-state index in [1.165, 1.54) is 24.6 Å². The van der Waals surface area contributed by atoms with E-state index >= 15 is 0 Å². The molecule has 1 amide bonds. The zero-order valence-corrected chi connectivity index (χ0v) is 13.2. The predicted molar refractivity (Wildman–Crippen MR) is 82.2 cm³/mol. The van der Waals surface area contributed by atoms with Gasteiger partial charge in [-0.25, -0.2) is 0 Å². The van der Waals surface area contributed by atoms with E-state index in [9.17, 15) is 4.79 Å². The number of carbonyl (C=O) groups is 1. The van der Waals surface area contributed by atoms with Crippen molar-refractivity contribution < 1.29 is 4.79 Å². The lowest BCUT2D eigenvalue weighted by molar-refractivity contribution is -0.129. The van der Waals surface area contributed by atoms with Crippen LogP contribution in [0.5, 0.6) is 0 Å². The van der Waals surface area contributed by atoms with Gasteiger partial charge in [-0.2, -0.15) is 0 Å². The first-order chi connectivity index (χ1) is 9.08. The third kappa shape index (κ3) is 4.04. The number of carbonyl (C=O) groups excluding carboxylic acids is 1. The van der Waals surface area contributed by atoms with Crippen LogP contribution < -0.4 is 0 Å². The van der Waals surface area contributed by atoms with E-state index in [1.54, 1.807) is 18.2 Å². The maximum Gasteiger partial charge on any atom is 0.232 e. The Morgan fingerprint density at radius 3 is 2.74 bits per heavy atom. The lowest BCUT2D eigenvalue weighted by atomic mass is 10.2. The lowest BCUT2D eigenvalue weighted by Gasteiger charge is -2.24. The minimum absolute atomic E-state index is 0.160. The van der Waals surface area contributed by atoms with E-state index < -0.39 is 0 Å². The first-order valence-electron chi connectivity index (χ1n) is 6.41. The summed E-state index contributed by atoms with van der Waals surface area (Å²) in [4.78, 5) is 14.9. The van der Waals surface area contributed by atoms with Crippen LogP contribution in [0, 0.1) is 0 Å². The minimum Gasteiger partial charge on any atom is -0.342 e. The van der Waals surface area contributed by atoms with Crippen LogP contribution in [0.3, 0.4) is 0 Å². The molecule has 0 aliphatic heterocycles. The summed E-state index contributed by atoms with van der Waals surface area (Å²) in [5, 5.41) is 1.29. The molecule has 2 rings (SSSR count). The topological polar surface area (TPSA) is 20.3 Å². The normalized spacial score (nSPS) is 15.7. The molecular weight excluding hydrogens is 301 g/mol. The Kier molecular flexibility index (Phi) is 5.43. The fraction of sp³-hybridized carbons (Fsp3) is 0.500. The van der Waals surface area contributed by atoms with Crippen LogP contribution in [-0.2, 0) is 4.79 Å². The summed E-state index contributed by atoms with van der Waals surface area (Å²) in [6.07, 6.45) is 4.72. The summed E-state index contributed by atoms with van der Waals surface area (Å²) in [5.41, 5.74) is 0. The maximum atomic E-state index is 12.1. The zero-order valence-electron chi connectivity index (χ0n) is 10.9. The average Bonchev–Trinajstić information content (AvgIpc) is 2.92. The van der Waals surface area contributed by atoms with Gasteiger partial charge in [-0.05, 0) is 31.0 Å². The quantitative estimate of drug-likeness (QED) is 0.763. The molecular formula is C14H17Cl2NOS. The molecule has 0 saturated heterocycles. The monoisotopic (exact) mass is 317 g/mol. The van der Waals surface area contributed by atoms with Gasteiger partial charge in [0, 0.05) is 23.0 Å². The molecule has 1 fully saturated rings. The van der Waals surface area contributed by atoms with Gasteiger partial charge in [0.1, 0.15) is 0 Å². The molecule has 1 saturated carbocycles. The molecule has 0 heterocycles. The molecule has 0 bridgehead atoms. The SMILES string of the molecule is CN(C(=O)CSc1cc(Cl)ccc1Cl)C1CCCC1. The molecule has 1 aromatic carbocycles. The smallest absolute Gasteiger partial charge is 0.232 e. The van der Waals surface area contributed by atoms with Crippen LogP contribution in [0.25, 0.3) is 0 Å². The number of benzene rings is 1. The molecule has 1 aliphatic carbocycles. The number of rotatable bonds is 4. The third-order valence-corrected chi connectivity index (χ3v) is 5.23. The highest BCUT2D eigenvalue weighted by Crippen LogP contribution is 2.30. The second kappa shape index (κ2) is 6.87. The second-order valence-corrected chi connectivity index (χ2v) is 6.67. The number of amides is 1. The molecule has 0 unspecified atom stereocenters. The zero-order chi connectivity index (χ0) is 13.8. The second-order valence-electron chi connectivity index (χ2n) is 4.81. The molecule has 19 heavy (non-hydrogen) atoms. The molecule has 1 aromatic rings. The first-order valence-corrected chi connectivity index (χ1v) is 8.15. The van der Waals surface area contributed by atoms with Gasteiger partial charge in [0.25, 0.3) is 0 Å². The molecule has 0 N–H and O–H groups in total. The Bertz CT molecular complexity index is 461. The van der Waals surface area contributed by atoms with Crippen molar-refractivity contribution in [3.05, 3.63) is 28.2 Å². The van der Waals surface area contributed by atoms with Crippen molar-refractivity contribution in [1.82, 2.24) is 4.90 Å². The molecule has 0 radical (unpaired) electrons. The van der Waals surface area contributed by atoms with E-state index in [-0.39, 0.29) is 5.91 Å². The Morgan fingerprint density at radius 1 is 1.37 bits per heavy atom. The molecule has 0 atom stereocenters. The lowest BCUT2D eigenvalue weighted by Crippen LogP contribution is -2.36. The molecule has 5 heteroatoms. The molecule has 104 valence electrons. The van der Waals surface area contributed by atoms with Crippen molar-refractivity contribution in [2.24, 2.45) is 0 Å². The van der Waals surface area contributed by atoms with Crippen molar-refractivity contribution in [3.8, 4) is 0 Å². The molecule has 2 nitrogen and oxygen atoms in total. The highest BCUT2D eigenvalue weighted by Gasteiger charge is 2.23. The van der Waals surface area contributed by atoms with Crippen LogP contribution >= 0.6 is 35.0 Å². The van der Waals surface area contributed by atoms with Gasteiger partial charge < -0.3 is 4.90 Å². The van der Waals surface area contributed by atoms with Gasteiger partial charge in [0.2, 0.25) is 5.91 Å². The molecule has 0 aromatic heterocycles. The Labute approximate surface area is 128 Å². The predicted octanol–water partition coefficient (Wildman–Crippen LogP) is 4.49. The van der Waals surface area contributed by atoms with Gasteiger partial charge in [-0.1, -0.05) is 36.0 Å². The summed E-state index contributed by atoms with van der Waals surface area (Å²) in [6.45, 7) is 0. The maximum absolute atomic E-state index is 12.1. The van der Waals surface area contributed by atoms with Gasteiger partial charge in [-0.3, -0.25) is 4.79 Å². The van der Waals surface area contributed by atoms with Gasteiger partial charge in [-0.15, -0.1) is 11.8 Å². The number of halogens is 2. The van der Waals surface area contributed by atoms with E-state index in [4.69, 9.17) is 23.2 Å². The highest BCUT2D eigenvalue weighted by atomic mass is 35.5. The van der Waals surface area contributed by atoms with Crippen LogP contribution in [0.15, 0.2) is 23.1 Å². The van der Waals surface area contributed by atoms with Crippen molar-refractivity contribution in [3.63, 3.8) is 0 Å². The van der Waals surface area contributed by atoms with Crippen LogP contribution in [-0.4, -0.2) is 29.6 Å². The highest BCUT2D eigenvalue weighted by molar-refractivity contribution is 8.00. The van der Waals surface area contributed by atoms with Crippen molar-refractivity contribution in [2.45, 2.75) is 36.6 Å². The molecule has 0 spiro atoms. The van der Waals surface area contributed by atoms with Gasteiger partial charge in [0.05, 0.1) is 10.8 Å². The van der Waals surface area contributed by atoms with Crippen molar-refractivity contribution in [2.75, 3.05) is 12.8 Å². The van der Waals surface area contributed by atoms with E-state index in [0.29, 0.717) is 21.8 Å². The summed E-state index contributed by atoms with van der Waals surface area (Å²) >= 11 is 13.5. The number of nitrogens with zero attached hydrogens (tertiary/aromatic N) is 1. The Balaban J connectivity index is 1.90. The number of thioether (sulfide) groups is 1. The van der Waals surface area contributed by atoms with Gasteiger partial charge in [0.15, 0.2) is 0 Å². The molecule has 1 aliphatic rings. The summed E-state index contributed by atoms with van der Waals surface area (Å²) in [7, 11) is 1.90. The number of hydrogen-bond donors (Lipinski definition) is 0. The Morgan fingerprint density at radius 2 is 2.05 bits per heavy atom. The minimum atomic E-state index is 0.160. The van der Waals surface area contributed by atoms with Crippen LogP contribution in [0.4, 0.5) is 0 Å². The Hall–Kier alpha value is -0.380. The van der Waals surface area contributed by atoms with Crippen LogP contribution in [0.2, 0.25) is 10.0 Å². The van der Waals surface area contributed by atoms with E-state index in [1.807, 2.05) is 11.9 Å². The average molecular weight is 318 g/mol. The first kappa shape index (κ1) is 15.0.